The van der Waals surface area contributed by atoms with Crippen LogP contribution in [0.2, 0.25) is 10.0 Å². The summed E-state index contributed by atoms with van der Waals surface area (Å²) in [6.45, 7) is 4.32. The average Bonchev–Trinajstić information content (AvgIpc) is 2.76. The molecule has 0 amide bonds. The molecule has 0 fully saturated rings. The van der Waals surface area contributed by atoms with Gasteiger partial charge in [-0.1, -0.05) is 102 Å². The Kier molecular flexibility index (Phi) is 6.04. The average molecular weight is 435 g/mol. The molecule has 3 aromatic carbocycles. The van der Waals surface area contributed by atoms with Crippen LogP contribution in [0.4, 0.5) is 0 Å². The molecule has 0 spiro atoms. The molecule has 3 aromatic rings. The van der Waals surface area contributed by atoms with Gasteiger partial charge in [0.05, 0.1) is 23.1 Å². The van der Waals surface area contributed by atoms with Gasteiger partial charge in [-0.05, 0) is 36.6 Å². The van der Waals surface area contributed by atoms with E-state index in [1.807, 2.05) is 24.3 Å². The Morgan fingerprint density at radius 1 is 0.800 bits per heavy atom. The van der Waals surface area contributed by atoms with Crippen LogP contribution in [0.15, 0.2) is 90.2 Å². The van der Waals surface area contributed by atoms with Gasteiger partial charge in [-0.25, -0.2) is 0 Å². The van der Waals surface area contributed by atoms with Crippen molar-refractivity contribution < 1.29 is 4.74 Å². The number of aryl methyl sites for hydroxylation is 1. The Balaban J connectivity index is 2.02. The number of methoxy groups -OCH3 is 1. The second kappa shape index (κ2) is 8.71. The summed E-state index contributed by atoms with van der Waals surface area (Å²) in [5.74, 6) is 0.970. The van der Waals surface area contributed by atoms with Crippen molar-refractivity contribution in [2.75, 3.05) is 7.11 Å². The molecule has 2 atom stereocenters. The third-order valence-corrected chi connectivity index (χ3v) is 6.66. The maximum Gasteiger partial charge on any atom is 0.112 e. The highest BCUT2D eigenvalue weighted by Gasteiger charge is 2.34. The minimum atomic E-state index is 0.0251. The van der Waals surface area contributed by atoms with Crippen molar-refractivity contribution in [3.05, 3.63) is 123 Å². The molecule has 0 N–H and O–H groups in total. The fourth-order valence-electron chi connectivity index (χ4n) is 4.44. The summed E-state index contributed by atoms with van der Waals surface area (Å²) in [5, 5.41) is 1.10. The number of halogens is 2. The molecule has 2 unspecified atom stereocenters. The van der Waals surface area contributed by atoms with Gasteiger partial charge in [0.1, 0.15) is 5.76 Å². The van der Waals surface area contributed by atoms with Crippen molar-refractivity contribution in [2.24, 2.45) is 0 Å². The Morgan fingerprint density at radius 2 is 1.50 bits per heavy atom. The molecule has 1 aliphatic rings. The van der Waals surface area contributed by atoms with Crippen LogP contribution in [0, 0.1) is 6.92 Å². The van der Waals surface area contributed by atoms with Gasteiger partial charge in [-0.15, -0.1) is 0 Å². The van der Waals surface area contributed by atoms with E-state index in [1.54, 1.807) is 7.11 Å². The first-order valence-corrected chi connectivity index (χ1v) is 10.8. The minimum Gasteiger partial charge on any atom is -0.500 e. The number of allylic oxidation sites excluding steroid dienone is 3. The van der Waals surface area contributed by atoms with Gasteiger partial charge in [-0.3, -0.25) is 0 Å². The zero-order chi connectivity index (χ0) is 21.3. The summed E-state index contributed by atoms with van der Waals surface area (Å²) >= 11 is 13.1. The van der Waals surface area contributed by atoms with E-state index in [2.05, 4.69) is 68.5 Å². The molecule has 152 valence electrons. The van der Waals surface area contributed by atoms with Gasteiger partial charge in [0.2, 0.25) is 0 Å². The Hall–Kier alpha value is -2.48. The molecule has 0 bridgehead atoms. The molecule has 0 heterocycles. The topological polar surface area (TPSA) is 9.23 Å². The standard InChI is InChI=1S/C27H24Cl2O/c1-17-10-7-8-13-20(17)22-16-18(2)24(19-11-5-4-6-12-19)27(30-3)25(22)21-14-9-15-23(28)26(21)29/h4-16,22,24H,1-3H3. The molecule has 0 saturated heterocycles. The van der Waals surface area contributed by atoms with E-state index in [1.165, 1.54) is 22.3 Å². The minimum absolute atomic E-state index is 0.0251. The van der Waals surface area contributed by atoms with E-state index in [-0.39, 0.29) is 11.8 Å². The van der Waals surface area contributed by atoms with Crippen molar-refractivity contribution in [3.8, 4) is 0 Å². The maximum absolute atomic E-state index is 6.73. The highest BCUT2D eigenvalue weighted by molar-refractivity contribution is 6.43. The molecule has 0 radical (unpaired) electrons. The first-order valence-electron chi connectivity index (χ1n) is 10.0. The number of hydrogen-bond donors (Lipinski definition) is 0. The van der Waals surface area contributed by atoms with Crippen LogP contribution in [-0.2, 0) is 4.74 Å². The van der Waals surface area contributed by atoms with Crippen LogP contribution in [0.5, 0.6) is 0 Å². The van der Waals surface area contributed by atoms with Gasteiger partial charge in [0.25, 0.3) is 0 Å². The lowest BCUT2D eigenvalue weighted by Crippen LogP contribution is -2.18. The van der Waals surface area contributed by atoms with E-state index in [0.29, 0.717) is 10.0 Å². The molecule has 3 heteroatoms. The maximum atomic E-state index is 6.73. The van der Waals surface area contributed by atoms with Crippen molar-refractivity contribution in [1.29, 1.82) is 0 Å². The highest BCUT2D eigenvalue weighted by atomic mass is 35.5. The molecule has 1 aliphatic carbocycles. The molecule has 4 rings (SSSR count). The lowest BCUT2D eigenvalue weighted by Gasteiger charge is -2.34. The predicted molar refractivity (Wildman–Crippen MR) is 127 cm³/mol. The predicted octanol–water partition coefficient (Wildman–Crippen LogP) is 8.19. The van der Waals surface area contributed by atoms with Crippen molar-refractivity contribution in [2.45, 2.75) is 25.7 Å². The first kappa shape index (κ1) is 20.8. The van der Waals surface area contributed by atoms with Crippen molar-refractivity contribution >= 4 is 28.8 Å². The zero-order valence-electron chi connectivity index (χ0n) is 17.3. The largest absolute Gasteiger partial charge is 0.500 e. The van der Waals surface area contributed by atoms with Crippen LogP contribution in [-0.4, -0.2) is 7.11 Å². The molecule has 0 aliphatic heterocycles. The van der Waals surface area contributed by atoms with Gasteiger partial charge in [-0.2, -0.15) is 0 Å². The lowest BCUT2D eigenvalue weighted by molar-refractivity contribution is 0.271. The van der Waals surface area contributed by atoms with Gasteiger partial charge in [0.15, 0.2) is 0 Å². The monoisotopic (exact) mass is 434 g/mol. The van der Waals surface area contributed by atoms with Crippen LogP contribution in [0.3, 0.4) is 0 Å². The summed E-state index contributed by atoms with van der Waals surface area (Å²) in [6, 6.07) is 24.7. The highest BCUT2D eigenvalue weighted by Crippen LogP contribution is 2.50. The van der Waals surface area contributed by atoms with Gasteiger partial charge >= 0.3 is 0 Å². The lowest BCUT2D eigenvalue weighted by atomic mass is 9.73. The van der Waals surface area contributed by atoms with Crippen molar-refractivity contribution in [3.63, 3.8) is 0 Å². The number of hydrogen-bond acceptors (Lipinski definition) is 1. The first-order chi connectivity index (χ1) is 14.5. The van der Waals surface area contributed by atoms with Crippen LogP contribution >= 0.6 is 23.2 Å². The van der Waals surface area contributed by atoms with E-state index in [4.69, 9.17) is 27.9 Å². The second-order valence-electron chi connectivity index (χ2n) is 7.67. The molecule has 0 saturated carbocycles. The van der Waals surface area contributed by atoms with E-state index in [9.17, 15) is 0 Å². The summed E-state index contributed by atoms with van der Waals surface area (Å²) in [5.41, 5.74) is 6.91. The fraction of sp³-hybridized carbons (Fsp3) is 0.185. The summed E-state index contributed by atoms with van der Waals surface area (Å²) < 4.78 is 6.12. The molecule has 30 heavy (non-hydrogen) atoms. The number of benzene rings is 3. The van der Waals surface area contributed by atoms with E-state index < -0.39 is 0 Å². The van der Waals surface area contributed by atoms with E-state index >= 15 is 0 Å². The fourth-order valence-corrected chi connectivity index (χ4v) is 4.84. The van der Waals surface area contributed by atoms with Gasteiger partial charge < -0.3 is 4.74 Å². The van der Waals surface area contributed by atoms with Crippen LogP contribution < -0.4 is 0 Å². The van der Waals surface area contributed by atoms with Crippen LogP contribution in [0.25, 0.3) is 5.57 Å². The summed E-state index contributed by atoms with van der Waals surface area (Å²) in [6.07, 6.45) is 2.34. The Morgan fingerprint density at radius 3 is 2.20 bits per heavy atom. The normalized spacial score (nSPS) is 18.9. The third kappa shape index (κ3) is 3.69. The SMILES string of the molecule is COC1=C(c2cccc(Cl)c2Cl)C(c2ccccc2C)C=C(C)C1c1ccccc1. The molecular formula is C27H24Cl2O. The molecular weight excluding hydrogens is 411 g/mol. The number of rotatable bonds is 4. The summed E-state index contributed by atoms with van der Waals surface area (Å²) in [7, 11) is 1.75. The Labute approximate surface area is 188 Å². The van der Waals surface area contributed by atoms with Gasteiger partial charge in [0, 0.05) is 17.1 Å². The molecule has 0 aromatic heterocycles. The van der Waals surface area contributed by atoms with E-state index in [0.717, 1.165) is 16.9 Å². The zero-order valence-corrected chi connectivity index (χ0v) is 18.8. The van der Waals surface area contributed by atoms with Crippen molar-refractivity contribution in [1.82, 2.24) is 0 Å². The number of ether oxygens (including phenoxy) is 1. The van der Waals surface area contributed by atoms with Crippen LogP contribution in [0.1, 0.15) is 41.0 Å². The molecule has 1 nitrogen and oxygen atoms in total. The smallest absolute Gasteiger partial charge is 0.112 e. The second-order valence-corrected chi connectivity index (χ2v) is 8.46. The quantitative estimate of drug-likeness (QED) is 0.376. The Bertz CT molecular complexity index is 1130. The summed E-state index contributed by atoms with van der Waals surface area (Å²) in [4.78, 5) is 0. The third-order valence-electron chi connectivity index (χ3n) is 5.84.